The Hall–Kier alpha value is -1.44. The maximum Gasteiger partial charge on any atom is 0.240 e. The predicted molar refractivity (Wildman–Crippen MR) is 58.8 cm³/mol. The largest absolute Gasteiger partial charge is 0.471 e. The quantitative estimate of drug-likeness (QED) is 0.690. The van der Waals surface area contributed by atoms with Gasteiger partial charge < -0.3 is 4.74 Å². The van der Waals surface area contributed by atoms with Crippen LogP contribution in [-0.4, -0.2) is 37.7 Å². The van der Waals surface area contributed by atoms with Crippen molar-refractivity contribution in [2.45, 2.75) is 11.5 Å². The Morgan fingerprint density at radius 1 is 1.35 bits per heavy atom. The number of sulfonamides is 1. The first kappa shape index (κ1) is 10.7. The third-order valence-corrected chi connectivity index (χ3v) is 4.56. The topological polar surface area (TPSA) is 75.7 Å². The van der Waals surface area contributed by atoms with E-state index in [0.29, 0.717) is 11.3 Å². The van der Waals surface area contributed by atoms with Crippen LogP contribution in [-0.2, 0) is 10.0 Å². The third-order valence-electron chi connectivity index (χ3n) is 2.90. The zero-order chi connectivity index (χ0) is 12.2. The van der Waals surface area contributed by atoms with Crippen LogP contribution in [0.4, 0.5) is 0 Å². The molecule has 1 N–H and O–H groups in total. The van der Waals surface area contributed by atoms with Crippen LogP contribution in [0.5, 0.6) is 5.75 Å². The second-order valence-corrected chi connectivity index (χ2v) is 5.82. The average molecular weight is 254 g/mol. The Morgan fingerprint density at radius 2 is 2.06 bits per heavy atom. The van der Waals surface area contributed by atoms with Crippen molar-refractivity contribution in [2.24, 2.45) is 0 Å². The van der Waals surface area contributed by atoms with Gasteiger partial charge in [-0.3, -0.25) is 4.79 Å². The van der Waals surface area contributed by atoms with E-state index in [2.05, 4.69) is 4.83 Å². The number of rotatable bonds is 0. The molecular formula is C10H10N2O4S. The Kier molecular flexibility index (Phi) is 2.07. The molecule has 2 unspecified atom stereocenters. The number of carbonyl (C=O) groups is 1. The maximum atomic E-state index is 12.1. The molecule has 6 nitrogen and oxygen atoms in total. The highest BCUT2D eigenvalue weighted by Crippen LogP contribution is 2.33. The zero-order valence-corrected chi connectivity index (χ0v) is 9.77. The van der Waals surface area contributed by atoms with E-state index in [4.69, 9.17) is 4.74 Å². The monoisotopic (exact) mass is 254 g/mol. The summed E-state index contributed by atoms with van der Waals surface area (Å²) in [5.41, 5.74) is 0.314. The fourth-order valence-corrected chi connectivity index (χ4v) is 3.71. The maximum absolute atomic E-state index is 12.1. The van der Waals surface area contributed by atoms with Crippen molar-refractivity contribution in [3.05, 3.63) is 29.8 Å². The molecule has 7 heteroatoms. The number of nitrogens with one attached hydrogen (secondary N) is 1. The predicted octanol–water partition coefficient (Wildman–Crippen LogP) is -0.264. The van der Waals surface area contributed by atoms with Gasteiger partial charge in [0.15, 0.2) is 17.3 Å². The summed E-state index contributed by atoms with van der Waals surface area (Å²) in [5, 5.41) is 0.107. The van der Waals surface area contributed by atoms with Gasteiger partial charge in [-0.2, -0.15) is 5.01 Å². The van der Waals surface area contributed by atoms with Crippen LogP contribution in [0.1, 0.15) is 10.4 Å². The molecule has 17 heavy (non-hydrogen) atoms. The summed E-state index contributed by atoms with van der Waals surface area (Å²) in [7, 11) is -2.16. The number of ketones is 1. The first-order valence-corrected chi connectivity index (χ1v) is 6.59. The molecule has 2 atom stereocenters. The average Bonchev–Trinajstić information content (AvgIpc) is 2.50. The minimum Gasteiger partial charge on any atom is -0.471 e. The fourth-order valence-electron chi connectivity index (χ4n) is 2.13. The second-order valence-electron chi connectivity index (χ2n) is 4.04. The lowest BCUT2D eigenvalue weighted by molar-refractivity contribution is 0.0338. The van der Waals surface area contributed by atoms with Gasteiger partial charge in [-0.15, -0.1) is 4.83 Å². The lowest BCUT2D eigenvalue weighted by Crippen LogP contribution is -2.46. The molecule has 0 aromatic heterocycles. The Bertz CT molecular complexity index is 598. The van der Waals surface area contributed by atoms with E-state index in [1.165, 1.54) is 12.1 Å². The molecule has 0 aliphatic carbocycles. The lowest BCUT2D eigenvalue weighted by Gasteiger charge is -2.27. The van der Waals surface area contributed by atoms with Crippen LogP contribution in [0.3, 0.4) is 0 Å². The van der Waals surface area contributed by atoms with Gasteiger partial charge >= 0.3 is 0 Å². The van der Waals surface area contributed by atoms with Crippen LogP contribution in [0, 0.1) is 0 Å². The van der Waals surface area contributed by atoms with Gasteiger partial charge in [-0.1, -0.05) is 12.1 Å². The number of hydrogen-bond donors (Lipinski definition) is 1. The molecule has 2 aliphatic heterocycles. The van der Waals surface area contributed by atoms with Gasteiger partial charge in [0.1, 0.15) is 5.75 Å². The van der Waals surface area contributed by atoms with Crippen LogP contribution in [0.15, 0.2) is 24.3 Å². The molecule has 0 radical (unpaired) electrons. The molecular weight excluding hydrogens is 244 g/mol. The molecule has 1 aromatic carbocycles. The van der Waals surface area contributed by atoms with Crippen molar-refractivity contribution in [3.63, 3.8) is 0 Å². The van der Waals surface area contributed by atoms with Crippen molar-refractivity contribution < 1.29 is 17.9 Å². The SMILES string of the molecule is CN1NS(=O)(=O)C2C(=O)c3ccccc3OC21. The number of hydrogen-bond acceptors (Lipinski definition) is 5. The van der Waals surface area contributed by atoms with Crippen molar-refractivity contribution in [3.8, 4) is 5.75 Å². The molecule has 0 bridgehead atoms. The number of carbonyl (C=O) groups excluding carboxylic acids is 1. The van der Waals surface area contributed by atoms with Gasteiger partial charge in [0.2, 0.25) is 10.0 Å². The lowest BCUT2D eigenvalue weighted by atomic mass is 10.0. The summed E-state index contributed by atoms with van der Waals surface area (Å²) < 4.78 is 29.1. The molecule has 1 aromatic rings. The second kappa shape index (κ2) is 3.28. The van der Waals surface area contributed by atoms with Gasteiger partial charge in [0.05, 0.1) is 5.56 Å². The summed E-state index contributed by atoms with van der Waals surface area (Å²) in [4.78, 5) is 14.4. The number of benzene rings is 1. The molecule has 2 aliphatic rings. The van der Waals surface area contributed by atoms with E-state index in [-0.39, 0.29) is 0 Å². The standard InChI is InChI=1S/C10H10N2O4S/c1-12-10-9(17(14,15)11-12)8(13)6-4-2-3-5-7(6)16-10/h2-5,9-11H,1H3. The van der Waals surface area contributed by atoms with Gasteiger partial charge in [-0.05, 0) is 12.1 Å². The highest BCUT2D eigenvalue weighted by molar-refractivity contribution is 7.91. The van der Waals surface area contributed by atoms with E-state index in [1.54, 1.807) is 24.3 Å². The normalized spacial score (nSPS) is 30.5. The number of ether oxygens (including phenoxy) is 1. The van der Waals surface area contributed by atoms with Crippen LogP contribution in [0.25, 0.3) is 0 Å². The zero-order valence-electron chi connectivity index (χ0n) is 8.95. The Balaban J connectivity index is 2.17. The minimum absolute atomic E-state index is 0.314. The van der Waals surface area contributed by atoms with Crippen molar-refractivity contribution >= 4 is 15.8 Å². The van der Waals surface area contributed by atoms with Crippen molar-refractivity contribution in [1.29, 1.82) is 0 Å². The first-order valence-electron chi connectivity index (χ1n) is 5.05. The first-order chi connectivity index (χ1) is 8.00. The fraction of sp³-hybridized carbons (Fsp3) is 0.300. The minimum atomic E-state index is -3.69. The highest BCUT2D eigenvalue weighted by atomic mass is 32.2. The summed E-state index contributed by atoms with van der Waals surface area (Å²) in [6.07, 6.45) is -0.803. The Labute approximate surface area is 98.2 Å². The number of nitrogens with zero attached hydrogens (tertiary/aromatic N) is 1. The van der Waals surface area contributed by atoms with E-state index < -0.39 is 27.3 Å². The number of hydrazine groups is 1. The van der Waals surface area contributed by atoms with Gasteiger partial charge in [0, 0.05) is 7.05 Å². The van der Waals surface area contributed by atoms with E-state index in [0.717, 1.165) is 0 Å². The summed E-state index contributed by atoms with van der Waals surface area (Å²) >= 11 is 0. The molecule has 3 rings (SSSR count). The smallest absolute Gasteiger partial charge is 0.240 e. The van der Waals surface area contributed by atoms with Crippen molar-refractivity contribution in [1.82, 2.24) is 9.84 Å². The number of Topliss-reactive ketones (excluding diaryl/α,β-unsaturated/α-hetero) is 1. The summed E-state index contributed by atoms with van der Waals surface area (Å²) in [6, 6.07) is 6.65. The van der Waals surface area contributed by atoms with E-state index in [1.807, 2.05) is 0 Å². The molecule has 0 saturated carbocycles. The molecule has 1 fully saturated rings. The van der Waals surface area contributed by atoms with Gasteiger partial charge in [-0.25, -0.2) is 8.42 Å². The number of para-hydroxylation sites is 1. The van der Waals surface area contributed by atoms with Crippen LogP contribution >= 0.6 is 0 Å². The molecule has 2 heterocycles. The molecule has 90 valence electrons. The summed E-state index contributed by atoms with van der Waals surface area (Å²) in [5.74, 6) is -0.00167. The number of fused-ring (bicyclic) bond motifs is 2. The molecule has 0 spiro atoms. The van der Waals surface area contributed by atoms with Crippen LogP contribution in [0.2, 0.25) is 0 Å². The van der Waals surface area contributed by atoms with E-state index in [9.17, 15) is 13.2 Å². The van der Waals surface area contributed by atoms with Crippen LogP contribution < -0.4 is 9.57 Å². The third kappa shape index (κ3) is 1.40. The Morgan fingerprint density at radius 3 is 2.82 bits per heavy atom. The highest BCUT2D eigenvalue weighted by Gasteiger charge is 2.53. The van der Waals surface area contributed by atoms with Gasteiger partial charge in [0.25, 0.3) is 0 Å². The molecule has 0 amide bonds. The van der Waals surface area contributed by atoms with E-state index >= 15 is 0 Å². The van der Waals surface area contributed by atoms with Crippen molar-refractivity contribution in [2.75, 3.05) is 7.05 Å². The summed E-state index contributed by atoms with van der Waals surface area (Å²) in [6.45, 7) is 0. The molecule has 1 saturated heterocycles.